The van der Waals surface area contributed by atoms with E-state index in [1.165, 1.54) is 0 Å². The van der Waals surface area contributed by atoms with E-state index < -0.39 is 6.04 Å². The summed E-state index contributed by atoms with van der Waals surface area (Å²) < 4.78 is 0. The minimum absolute atomic E-state index is 0.0175. The molecule has 1 heterocycles. The van der Waals surface area contributed by atoms with Crippen molar-refractivity contribution in [3.05, 3.63) is 35.4 Å². The molecule has 1 aliphatic rings. The summed E-state index contributed by atoms with van der Waals surface area (Å²) in [7, 11) is 0. The third-order valence-electron chi connectivity index (χ3n) is 4.26. The summed E-state index contributed by atoms with van der Waals surface area (Å²) in [6, 6.07) is 7.17. The maximum absolute atomic E-state index is 13.2. The summed E-state index contributed by atoms with van der Waals surface area (Å²) in [4.78, 5) is 27.7. The molecule has 2 unspecified atom stereocenters. The van der Waals surface area contributed by atoms with Crippen LogP contribution in [-0.4, -0.2) is 40.4 Å². The lowest BCUT2D eigenvalue weighted by molar-refractivity contribution is -0.125. The number of hydrogen-bond acceptors (Lipinski definition) is 3. The second-order valence-electron chi connectivity index (χ2n) is 8.28. The van der Waals surface area contributed by atoms with E-state index in [1.807, 2.05) is 31.2 Å². The van der Waals surface area contributed by atoms with Crippen LogP contribution in [0.1, 0.15) is 50.5 Å². The number of amides is 2. The van der Waals surface area contributed by atoms with Crippen molar-refractivity contribution in [2.75, 3.05) is 12.3 Å². The largest absolute Gasteiger partial charge is 0.354 e. The van der Waals surface area contributed by atoms with Crippen LogP contribution >= 0.6 is 11.8 Å². The van der Waals surface area contributed by atoms with E-state index in [-0.39, 0.29) is 22.6 Å². The molecule has 5 heteroatoms. The van der Waals surface area contributed by atoms with Crippen molar-refractivity contribution in [3.8, 4) is 0 Å². The third kappa shape index (κ3) is 4.78. The Morgan fingerprint density at radius 1 is 1.24 bits per heavy atom. The van der Waals surface area contributed by atoms with Crippen LogP contribution in [0.2, 0.25) is 0 Å². The number of carbonyl (C=O) groups excluding carboxylic acids is 2. The zero-order valence-corrected chi connectivity index (χ0v) is 16.9. The molecule has 1 aliphatic heterocycles. The fraction of sp³-hybridized carbons (Fsp3) is 0.600. The van der Waals surface area contributed by atoms with Crippen LogP contribution in [0.4, 0.5) is 0 Å². The first-order valence-corrected chi connectivity index (χ1v) is 9.94. The molecule has 0 aromatic heterocycles. The summed E-state index contributed by atoms with van der Waals surface area (Å²) in [5, 5.41) is 2.98. The van der Waals surface area contributed by atoms with E-state index in [1.54, 1.807) is 16.7 Å². The molecule has 2 rings (SSSR count). The van der Waals surface area contributed by atoms with Gasteiger partial charge in [-0.3, -0.25) is 9.59 Å². The average molecular weight is 363 g/mol. The Hall–Kier alpha value is -1.49. The van der Waals surface area contributed by atoms with Crippen molar-refractivity contribution < 1.29 is 9.59 Å². The highest BCUT2D eigenvalue weighted by atomic mass is 32.2. The first-order chi connectivity index (χ1) is 11.6. The Balaban J connectivity index is 2.28. The number of nitrogens with zero attached hydrogens (tertiary/aromatic N) is 1. The molecule has 0 spiro atoms. The van der Waals surface area contributed by atoms with E-state index in [0.717, 1.165) is 5.56 Å². The molecule has 2 atom stereocenters. The zero-order chi connectivity index (χ0) is 18.8. The third-order valence-corrected chi connectivity index (χ3v) is 6.02. The number of hydrogen-bond donors (Lipinski definition) is 1. The summed E-state index contributed by atoms with van der Waals surface area (Å²) in [6.45, 7) is 13.1. The SMILES string of the molecule is Cc1ccc(C(=O)N2C(C(=O)NCC(C)C)CSC2C(C)(C)C)cc1. The van der Waals surface area contributed by atoms with Crippen molar-refractivity contribution in [1.29, 1.82) is 0 Å². The van der Waals surface area contributed by atoms with Crippen LogP contribution in [0.25, 0.3) is 0 Å². The van der Waals surface area contributed by atoms with Crippen molar-refractivity contribution in [3.63, 3.8) is 0 Å². The molecule has 1 saturated heterocycles. The lowest BCUT2D eigenvalue weighted by atomic mass is 9.94. The second-order valence-corrected chi connectivity index (χ2v) is 9.40. The van der Waals surface area contributed by atoms with Crippen molar-refractivity contribution in [2.24, 2.45) is 11.3 Å². The number of aryl methyl sites for hydroxylation is 1. The van der Waals surface area contributed by atoms with Gasteiger partial charge in [0.1, 0.15) is 6.04 Å². The van der Waals surface area contributed by atoms with Gasteiger partial charge in [-0.15, -0.1) is 11.8 Å². The Labute approximate surface area is 155 Å². The lowest BCUT2D eigenvalue weighted by Gasteiger charge is -2.36. The fourth-order valence-corrected chi connectivity index (χ4v) is 4.47. The van der Waals surface area contributed by atoms with Gasteiger partial charge >= 0.3 is 0 Å². The van der Waals surface area contributed by atoms with Crippen molar-refractivity contribution in [1.82, 2.24) is 10.2 Å². The Kier molecular flexibility index (Phi) is 6.20. The normalized spacial score (nSPS) is 20.8. The molecular formula is C20H30N2O2S. The standard InChI is InChI=1S/C20H30N2O2S/c1-13(2)11-21-17(23)16-12-25-19(20(4,5)6)22(16)18(24)15-9-7-14(3)8-10-15/h7-10,13,16,19H,11-12H2,1-6H3,(H,21,23). The topological polar surface area (TPSA) is 49.4 Å². The smallest absolute Gasteiger partial charge is 0.255 e. The monoisotopic (exact) mass is 362 g/mol. The molecule has 25 heavy (non-hydrogen) atoms. The van der Waals surface area contributed by atoms with Gasteiger partial charge in [0.25, 0.3) is 5.91 Å². The van der Waals surface area contributed by atoms with Gasteiger partial charge in [0.15, 0.2) is 0 Å². The summed E-state index contributed by atoms with van der Waals surface area (Å²) >= 11 is 1.70. The van der Waals surface area contributed by atoms with E-state index in [4.69, 9.17) is 0 Å². The van der Waals surface area contributed by atoms with Crippen LogP contribution in [0.15, 0.2) is 24.3 Å². The summed E-state index contributed by atoms with van der Waals surface area (Å²) in [5.74, 6) is 0.921. The van der Waals surface area contributed by atoms with E-state index in [2.05, 4.69) is 39.9 Å². The van der Waals surface area contributed by atoms with Gasteiger partial charge in [0.05, 0.1) is 5.37 Å². The van der Waals surface area contributed by atoms with Crippen LogP contribution < -0.4 is 5.32 Å². The molecule has 1 fully saturated rings. The van der Waals surface area contributed by atoms with Crippen LogP contribution in [-0.2, 0) is 4.79 Å². The highest BCUT2D eigenvalue weighted by molar-refractivity contribution is 8.00. The predicted molar refractivity (Wildman–Crippen MR) is 105 cm³/mol. The lowest BCUT2D eigenvalue weighted by Crippen LogP contribution is -2.52. The molecular weight excluding hydrogens is 332 g/mol. The molecule has 1 aromatic rings. The second kappa shape index (κ2) is 7.81. The predicted octanol–water partition coefficient (Wildman–Crippen LogP) is 3.70. The quantitative estimate of drug-likeness (QED) is 0.888. The molecule has 4 nitrogen and oxygen atoms in total. The van der Waals surface area contributed by atoms with E-state index >= 15 is 0 Å². The molecule has 0 bridgehead atoms. The first-order valence-electron chi connectivity index (χ1n) is 8.90. The summed E-state index contributed by atoms with van der Waals surface area (Å²) in [6.07, 6.45) is 0. The van der Waals surface area contributed by atoms with Crippen molar-refractivity contribution >= 4 is 23.6 Å². The summed E-state index contributed by atoms with van der Waals surface area (Å²) in [5.41, 5.74) is 1.66. The minimum Gasteiger partial charge on any atom is -0.354 e. The van der Waals surface area contributed by atoms with Gasteiger partial charge in [-0.2, -0.15) is 0 Å². The van der Waals surface area contributed by atoms with Gasteiger partial charge in [-0.1, -0.05) is 52.3 Å². The maximum Gasteiger partial charge on any atom is 0.255 e. The van der Waals surface area contributed by atoms with E-state index in [0.29, 0.717) is 23.8 Å². The van der Waals surface area contributed by atoms with Gasteiger partial charge < -0.3 is 10.2 Å². The molecule has 138 valence electrons. The van der Waals surface area contributed by atoms with Gasteiger partial charge in [-0.05, 0) is 30.4 Å². The Bertz CT molecular complexity index is 620. The van der Waals surface area contributed by atoms with Crippen LogP contribution in [0.5, 0.6) is 0 Å². The minimum atomic E-state index is -0.415. The van der Waals surface area contributed by atoms with Crippen LogP contribution in [0.3, 0.4) is 0 Å². The number of thioether (sulfide) groups is 1. The number of carbonyl (C=O) groups is 2. The van der Waals surface area contributed by atoms with Gasteiger partial charge in [0, 0.05) is 17.9 Å². The number of nitrogens with one attached hydrogen (secondary N) is 1. The van der Waals surface area contributed by atoms with Gasteiger partial charge in [-0.25, -0.2) is 0 Å². The maximum atomic E-state index is 13.2. The molecule has 0 aliphatic carbocycles. The molecule has 2 amide bonds. The van der Waals surface area contributed by atoms with E-state index in [9.17, 15) is 9.59 Å². The fourth-order valence-electron chi connectivity index (χ4n) is 2.89. The molecule has 0 saturated carbocycles. The van der Waals surface area contributed by atoms with Gasteiger partial charge in [0.2, 0.25) is 5.91 Å². The van der Waals surface area contributed by atoms with Crippen LogP contribution in [0, 0.1) is 18.3 Å². The Morgan fingerprint density at radius 3 is 2.36 bits per heavy atom. The van der Waals surface area contributed by atoms with Crippen molar-refractivity contribution in [2.45, 2.75) is 53.0 Å². The highest BCUT2D eigenvalue weighted by Crippen LogP contribution is 2.41. The zero-order valence-electron chi connectivity index (χ0n) is 16.1. The number of benzene rings is 1. The average Bonchev–Trinajstić information content (AvgIpc) is 2.97. The molecule has 1 aromatic carbocycles. The highest BCUT2D eigenvalue weighted by Gasteiger charge is 2.46. The Morgan fingerprint density at radius 2 is 1.84 bits per heavy atom. The number of rotatable bonds is 4. The molecule has 1 N–H and O–H groups in total. The molecule has 0 radical (unpaired) electrons. The first kappa shape index (κ1) is 19.8.